The standard InChI is InChI=1S/C12H24N2O3S/c1-10-4-3-6-13(8-10)18(16,17)14-7-5-12(15)11(2)9-14/h10-12,15H,3-9H2,1-2H3. The van der Waals surface area contributed by atoms with Gasteiger partial charge in [-0.2, -0.15) is 17.0 Å². The van der Waals surface area contributed by atoms with Gasteiger partial charge in [-0.1, -0.05) is 13.8 Å². The minimum Gasteiger partial charge on any atom is -0.393 e. The Morgan fingerprint density at radius 2 is 1.72 bits per heavy atom. The molecule has 2 fully saturated rings. The summed E-state index contributed by atoms with van der Waals surface area (Å²) in [6.45, 7) is 6.17. The Morgan fingerprint density at radius 3 is 2.33 bits per heavy atom. The van der Waals surface area contributed by atoms with Crippen molar-refractivity contribution in [2.24, 2.45) is 11.8 Å². The van der Waals surface area contributed by atoms with Crippen LogP contribution in [0.1, 0.15) is 33.1 Å². The Morgan fingerprint density at radius 1 is 1.06 bits per heavy atom. The van der Waals surface area contributed by atoms with Gasteiger partial charge in [0.1, 0.15) is 0 Å². The van der Waals surface area contributed by atoms with Gasteiger partial charge in [-0.05, 0) is 31.1 Å². The predicted octanol–water partition coefficient (Wildman–Crippen LogP) is 0.666. The van der Waals surface area contributed by atoms with Gasteiger partial charge in [-0.15, -0.1) is 0 Å². The Kier molecular flexibility index (Phi) is 4.31. The lowest BCUT2D eigenvalue weighted by molar-refractivity contribution is 0.0602. The Hall–Kier alpha value is -0.170. The third-order valence-corrected chi connectivity index (χ3v) is 6.06. The SMILES string of the molecule is CC1CCCN(S(=O)(=O)N2CCC(O)C(C)C2)C1. The molecule has 2 saturated heterocycles. The van der Waals surface area contributed by atoms with Crippen LogP contribution in [0.4, 0.5) is 0 Å². The molecule has 2 rings (SSSR count). The summed E-state index contributed by atoms with van der Waals surface area (Å²) in [5, 5.41) is 9.68. The quantitative estimate of drug-likeness (QED) is 0.806. The first-order valence-corrected chi connectivity index (χ1v) is 8.24. The van der Waals surface area contributed by atoms with Crippen molar-refractivity contribution in [1.82, 2.24) is 8.61 Å². The highest BCUT2D eigenvalue weighted by atomic mass is 32.2. The summed E-state index contributed by atoms with van der Waals surface area (Å²) < 4.78 is 28.2. The van der Waals surface area contributed by atoms with Gasteiger partial charge in [0, 0.05) is 26.2 Å². The summed E-state index contributed by atoms with van der Waals surface area (Å²) in [4.78, 5) is 0. The average molecular weight is 276 g/mol. The van der Waals surface area contributed by atoms with Gasteiger partial charge >= 0.3 is 0 Å². The fourth-order valence-corrected chi connectivity index (χ4v) is 4.71. The van der Waals surface area contributed by atoms with E-state index in [4.69, 9.17) is 0 Å². The van der Waals surface area contributed by atoms with E-state index in [1.807, 2.05) is 6.92 Å². The van der Waals surface area contributed by atoms with Gasteiger partial charge in [0.05, 0.1) is 6.10 Å². The third-order valence-electron chi connectivity index (χ3n) is 4.10. The second kappa shape index (κ2) is 5.45. The molecular formula is C12H24N2O3S. The second-order valence-electron chi connectivity index (χ2n) is 5.80. The topological polar surface area (TPSA) is 60.9 Å². The molecule has 2 aliphatic rings. The normalized spacial score (nSPS) is 36.7. The molecule has 5 nitrogen and oxygen atoms in total. The smallest absolute Gasteiger partial charge is 0.281 e. The number of aliphatic hydroxyl groups excluding tert-OH is 1. The highest BCUT2D eigenvalue weighted by Gasteiger charge is 2.36. The van der Waals surface area contributed by atoms with E-state index in [0.29, 0.717) is 38.5 Å². The van der Waals surface area contributed by atoms with Crippen molar-refractivity contribution in [3.05, 3.63) is 0 Å². The van der Waals surface area contributed by atoms with E-state index in [1.54, 1.807) is 8.61 Å². The fourth-order valence-electron chi connectivity index (χ4n) is 2.82. The van der Waals surface area contributed by atoms with Crippen LogP contribution in [0.2, 0.25) is 0 Å². The molecule has 0 bridgehead atoms. The molecule has 3 unspecified atom stereocenters. The molecule has 0 amide bonds. The lowest BCUT2D eigenvalue weighted by atomic mass is 9.99. The van der Waals surface area contributed by atoms with Crippen molar-refractivity contribution < 1.29 is 13.5 Å². The van der Waals surface area contributed by atoms with E-state index >= 15 is 0 Å². The maximum absolute atomic E-state index is 12.5. The Labute approximate surface area is 110 Å². The molecule has 0 aliphatic carbocycles. The number of nitrogens with zero attached hydrogens (tertiary/aromatic N) is 2. The number of hydrogen-bond donors (Lipinski definition) is 1. The van der Waals surface area contributed by atoms with Gasteiger partial charge in [0.15, 0.2) is 0 Å². The van der Waals surface area contributed by atoms with Crippen LogP contribution in [0, 0.1) is 11.8 Å². The molecule has 0 radical (unpaired) electrons. The average Bonchev–Trinajstić information content (AvgIpc) is 2.32. The zero-order valence-corrected chi connectivity index (χ0v) is 12.1. The number of hydrogen-bond acceptors (Lipinski definition) is 3. The summed E-state index contributed by atoms with van der Waals surface area (Å²) in [6.07, 6.45) is 2.24. The second-order valence-corrected chi connectivity index (χ2v) is 7.73. The van der Waals surface area contributed by atoms with Crippen LogP contribution >= 0.6 is 0 Å². The van der Waals surface area contributed by atoms with Gasteiger partial charge in [-0.3, -0.25) is 0 Å². The molecule has 106 valence electrons. The minimum absolute atomic E-state index is 0.0238. The number of aliphatic hydroxyl groups is 1. The maximum Gasteiger partial charge on any atom is 0.281 e. The Bertz CT molecular complexity index is 385. The van der Waals surface area contributed by atoms with Crippen LogP contribution < -0.4 is 0 Å². The molecule has 2 aliphatic heterocycles. The van der Waals surface area contributed by atoms with E-state index in [-0.39, 0.29) is 12.0 Å². The summed E-state index contributed by atoms with van der Waals surface area (Å²) in [7, 11) is -3.32. The van der Waals surface area contributed by atoms with Crippen LogP contribution in [0.25, 0.3) is 0 Å². The van der Waals surface area contributed by atoms with Crippen LogP contribution in [0.5, 0.6) is 0 Å². The van der Waals surface area contributed by atoms with E-state index in [9.17, 15) is 13.5 Å². The summed E-state index contributed by atoms with van der Waals surface area (Å²) in [6, 6.07) is 0. The Balaban J connectivity index is 2.06. The fraction of sp³-hybridized carbons (Fsp3) is 1.00. The first-order chi connectivity index (χ1) is 8.41. The summed E-state index contributed by atoms with van der Waals surface area (Å²) >= 11 is 0. The van der Waals surface area contributed by atoms with E-state index < -0.39 is 10.2 Å². The minimum atomic E-state index is -3.32. The molecule has 0 aromatic heterocycles. The van der Waals surface area contributed by atoms with Gasteiger partial charge in [0.25, 0.3) is 10.2 Å². The van der Waals surface area contributed by atoms with Crippen molar-refractivity contribution >= 4 is 10.2 Å². The predicted molar refractivity (Wildman–Crippen MR) is 70.3 cm³/mol. The number of rotatable bonds is 2. The van der Waals surface area contributed by atoms with Crippen LogP contribution in [-0.4, -0.2) is 54.4 Å². The first kappa shape index (κ1) is 14.2. The third kappa shape index (κ3) is 2.87. The highest BCUT2D eigenvalue weighted by Crippen LogP contribution is 2.24. The molecule has 3 atom stereocenters. The number of piperidine rings is 2. The molecule has 0 spiro atoms. The largest absolute Gasteiger partial charge is 0.393 e. The zero-order chi connectivity index (χ0) is 13.3. The van der Waals surface area contributed by atoms with Gasteiger partial charge in [-0.25, -0.2) is 0 Å². The van der Waals surface area contributed by atoms with Crippen molar-refractivity contribution in [2.45, 2.75) is 39.2 Å². The van der Waals surface area contributed by atoms with E-state index in [2.05, 4.69) is 6.92 Å². The highest BCUT2D eigenvalue weighted by molar-refractivity contribution is 7.86. The summed E-state index contributed by atoms with van der Waals surface area (Å²) in [5.41, 5.74) is 0. The van der Waals surface area contributed by atoms with Crippen LogP contribution in [0.15, 0.2) is 0 Å². The van der Waals surface area contributed by atoms with Crippen molar-refractivity contribution in [2.75, 3.05) is 26.2 Å². The molecule has 18 heavy (non-hydrogen) atoms. The molecule has 0 saturated carbocycles. The molecule has 2 heterocycles. The van der Waals surface area contributed by atoms with E-state index in [1.165, 1.54) is 0 Å². The molecule has 0 aromatic rings. The van der Waals surface area contributed by atoms with Crippen LogP contribution in [-0.2, 0) is 10.2 Å². The monoisotopic (exact) mass is 276 g/mol. The maximum atomic E-state index is 12.5. The lowest BCUT2D eigenvalue weighted by Gasteiger charge is -2.38. The molecular weight excluding hydrogens is 252 g/mol. The first-order valence-electron chi connectivity index (χ1n) is 6.84. The lowest BCUT2D eigenvalue weighted by Crippen LogP contribution is -2.52. The molecule has 1 N–H and O–H groups in total. The van der Waals surface area contributed by atoms with Crippen molar-refractivity contribution in [1.29, 1.82) is 0 Å². The van der Waals surface area contributed by atoms with Crippen LogP contribution in [0.3, 0.4) is 0 Å². The molecule has 0 aromatic carbocycles. The van der Waals surface area contributed by atoms with Crippen molar-refractivity contribution in [3.63, 3.8) is 0 Å². The zero-order valence-electron chi connectivity index (χ0n) is 11.2. The van der Waals surface area contributed by atoms with Gasteiger partial charge in [0.2, 0.25) is 0 Å². The van der Waals surface area contributed by atoms with E-state index in [0.717, 1.165) is 12.8 Å². The van der Waals surface area contributed by atoms with Crippen molar-refractivity contribution in [3.8, 4) is 0 Å². The summed E-state index contributed by atoms with van der Waals surface area (Å²) in [5.74, 6) is 0.470. The molecule has 6 heteroatoms. The van der Waals surface area contributed by atoms with Gasteiger partial charge < -0.3 is 5.11 Å².